The Kier molecular flexibility index (Phi) is 4.01. The molecule has 0 aliphatic carbocycles. The number of carboxylic acid groups (broad SMARTS) is 1. The molecule has 17 heavy (non-hydrogen) atoms. The molecule has 1 rings (SSSR count). The van der Waals surface area contributed by atoms with Gasteiger partial charge in [0.05, 0.1) is 10.9 Å². The topological polar surface area (TPSA) is 83.6 Å². The van der Waals surface area contributed by atoms with Gasteiger partial charge in [0.2, 0.25) is 0 Å². The molecule has 94 valence electrons. The number of hydrogen-bond donors (Lipinski definition) is 3. The highest BCUT2D eigenvalue weighted by Crippen LogP contribution is 2.38. The average molecular weight is 258 g/mol. The van der Waals surface area contributed by atoms with Crippen molar-refractivity contribution in [3.8, 4) is 5.75 Å². The van der Waals surface area contributed by atoms with Crippen molar-refractivity contribution in [2.45, 2.75) is 26.7 Å². The first kappa shape index (κ1) is 13.8. The molecule has 0 aromatic heterocycles. The van der Waals surface area contributed by atoms with Crippen molar-refractivity contribution < 1.29 is 15.0 Å². The van der Waals surface area contributed by atoms with Gasteiger partial charge in [0.15, 0.2) is 0 Å². The predicted octanol–water partition coefficient (Wildman–Crippen LogP) is 2.10. The number of carboxylic acids is 1. The van der Waals surface area contributed by atoms with E-state index in [-0.39, 0.29) is 17.3 Å². The van der Waals surface area contributed by atoms with Crippen LogP contribution in [0.15, 0.2) is 0 Å². The molecular formula is C12H16ClNO3. The van der Waals surface area contributed by atoms with Crippen molar-refractivity contribution in [1.82, 2.24) is 0 Å². The van der Waals surface area contributed by atoms with Crippen molar-refractivity contribution in [3.63, 3.8) is 0 Å². The predicted molar refractivity (Wildman–Crippen MR) is 66.8 cm³/mol. The van der Waals surface area contributed by atoms with Gasteiger partial charge in [0.1, 0.15) is 5.75 Å². The Morgan fingerprint density at radius 1 is 1.29 bits per heavy atom. The van der Waals surface area contributed by atoms with Crippen molar-refractivity contribution in [2.75, 3.05) is 6.54 Å². The van der Waals surface area contributed by atoms with Crippen LogP contribution in [-0.2, 0) is 4.79 Å². The minimum Gasteiger partial charge on any atom is -0.506 e. The summed E-state index contributed by atoms with van der Waals surface area (Å²) in [4.78, 5) is 11.2. The third kappa shape index (κ3) is 2.23. The van der Waals surface area contributed by atoms with E-state index in [0.29, 0.717) is 16.7 Å². The molecule has 1 unspecified atom stereocenters. The third-order valence-electron chi connectivity index (χ3n) is 3.15. The normalized spacial score (nSPS) is 12.5. The number of aromatic hydroxyl groups is 1. The number of rotatable bonds is 3. The van der Waals surface area contributed by atoms with E-state index in [9.17, 15) is 9.90 Å². The van der Waals surface area contributed by atoms with Gasteiger partial charge in [-0.2, -0.15) is 0 Å². The Bertz CT molecular complexity index is 442. The Morgan fingerprint density at radius 2 is 1.82 bits per heavy atom. The zero-order valence-electron chi connectivity index (χ0n) is 10.0. The van der Waals surface area contributed by atoms with Crippen LogP contribution in [0.2, 0.25) is 5.02 Å². The number of carbonyl (C=O) groups is 1. The van der Waals surface area contributed by atoms with Crippen molar-refractivity contribution >= 4 is 17.6 Å². The number of benzene rings is 1. The lowest BCUT2D eigenvalue weighted by molar-refractivity contribution is -0.138. The summed E-state index contributed by atoms with van der Waals surface area (Å²) in [5, 5.41) is 19.1. The van der Waals surface area contributed by atoms with Crippen LogP contribution < -0.4 is 5.73 Å². The molecule has 0 saturated carbocycles. The number of hydrogen-bond acceptors (Lipinski definition) is 3. The number of nitrogens with two attached hydrogens (primary N) is 1. The van der Waals surface area contributed by atoms with E-state index >= 15 is 0 Å². The summed E-state index contributed by atoms with van der Waals surface area (Å²) in [7, 11) is 0. The second-order valence-corrected chi connectivity index (χ2v) is 4.46. The fraction of sp³-hybridized carbons (Fsp3) is 0.417. The number of phenols is 1. The highest BCUT2D eigenvalue weighted by molar-refractivity contribution is 6.33. The van der Waals surface area contributed by atoms with E-state index in [0.717, 1.165) is 5.56 Å². The molecule has 0 fully saturated rings. The maximum absolute atomic E-state index is 11.2. The van der Waals surface area contributed by atoms with Crippen molar-refractivity contribution in [1.29, 1.82) is 0 Å². The van der Waals surface area contributed by atoms with Crippen molar-refractivity contribution in [2.24, 2.45) is 5.73 Å². The largest absolute Gasteiger partial charge is 0.506 e. The SMILES string of the molecule is Cc1c(C)c(C(CN)C(=O)O)c(C)c(Cl)c1O. The van der Waals surface area contributed by atoms with Crippen LogP contribution in [0.3, 0.4) is 0 Å². The van der Waals surface area contributed by atoms with E-state index in [1.54, 1.807) is 20.8 Å². The zero-order valence-corrected chi connectivity index (χ0v) is 10.8. The molecule has 0 aliphatic heterocycles. The Hall–Kier alpha value is -1.26. The smallest absolute Gasteiger partial charge is 0.312 e. The molecule has 4 N–H and O–H groups in total. The summed E-state index contributed by atoms with van der Waals surface area (Å²) in [5.74, 6) is -1.78. The average Bonchev–Trinajstić information content (AvgIpc) is 2.29. The summed E-state index contributed by atoms with van der Waals surface area (Å²) < 4.78 is 0. The van der Waals surface area contributed by atoms with Gasteiger partial charge in [-0.05, 0) is 43.0 Å². The first-order valence-electron chi connectivity index (χ1n) is 5.23. The molecule has 0 amide bonds. The monoisotopic (exact) mass is 257 g/mol. The molecule has 0 heterocycles. The highest BCUT2D eigenvalue weighted by Gasteiger charge is 2.26. The molecule has 1 aromatic rings. The quantitative estimate of drug-likeness (QED) is 0.774. The van der Waals surface area contributed by atoms with E-state index in [2.05, 4.69) is 0 Å². The number of halogens is 1. The maximum atomic E-state index is 11.2. The fourth-order valence-electron chi connectivity index (χ4n) is 1.99. The van der Waals surface area contributed by atoms with Crippen LogP contribution in [0.1, 0.15) is 28.2 Å². The lowest BCUT2D eigenvalue weighted by atomic mass is 9.88. The highest BCUT2D eigenvalue weighted by atomic mass is 35.5. The molecule has 4 nitrogen and oxygen atoms in total. The Morgan fingerprint density at radius 3 is 2.24 bits per heavy atom. The fourth-order valence-corrected chi connectivity index (χ4v) is 2.23. The second kappa shape index (κ2) is 4.94. The molecule has 0 saturated heterocycles. The van der Waals surface area contributed by atoms with E-state index < -0.39 is 11.9 Å². The lowest BCUT2D eigenvalue weighted by Gasteiger charge is -2.20. The molecule has 0 bridgehead atoms. The maximum Gasteiger partial charge on any atom is 0.312 e. The summed E-state index contributed by atoms with van der Waals surface area (Å²) in [5.41, 5.74) is 7.98. The molecule has 0 aliphatic rings. The minimum absolute atomic E-state index is 0.00242. The Balaban J connectivity index is 3.58. The first-order valence-corrected chi connectivity index (χ1v) is 5.61. The van der Waals surface area contributed by atoms with Crippen LogP contribution in [0.25, 0.3) is 0 Å². The Labute approximate surface area is 105 Å². The lowest BCUT2D eigenvalue weighted by Crippen LogP contribution is -2.23. The number of phenolic OH excluding ortho intramolecular Hbond substituents is 1. The third-order valence-corrected chi connectivity index (χ3v) is 3.61. The van der Waals surface area contributed by atoms with Gasteiger partial charge >= 0.3 is 5.97 Å². The van der Waals surface area contributed by atoms with Crippen LogP contribution in [0.5, 0.6) is 5.75 Å². The van der Waals surface area contributed by atoms with E-state index in [1.807, 2.05) is 0 Å². The van der Waals surface area contributed by atoms with Gasteiger partial charge < -0.3 is 15.9 Å². The van der Waals surface area contributed by atoms with E-state index in [4.69, 9.17) is 22.4 Å². The second-order valence-electron chi connectivity index (χ2n) is 4.08. The van der Waals surface area contributed by atoms with Gasteiger partial charge in [0.25, 0.3) is 0 Å². The molecular weight excluding hydrogens is 242 g/mol. The minimum atomic E-state index is -0.986. The van der Waals surface area contributed by atoms with Crippen molar-refractivity contribution in [3.05, 3.63) is 27.3 Å². The van der Waals surface area contributed by atoms with Crippen LogP contribution >= 0.6 is 11.6 Å². The summed E-state index contributed by atoms with van der Waals surface area (Å²) in [6, 6.07) is 0. The zero-order chi connectivity index (χ0) is 13.3. The van der Waals surface area contributed by atoms with Gasteiger partial charge in [-0.1, -0.05) is 11.6 Å². The summed E-state index contributed by atoms with van der Waals surface area (Å²) in [6.45, 7) is 5.15. The number of aliphatic carboxylic acids is 1. The summed E-state index contributed by atoms with van der Waals surface area (Å²) in [6.07, 6.45) is 0. The molecule has 0 spiro atoms. The first-order chi connectivity index (χ1) is 7.82. The van der Waals surface area contributed by atoms with Gasteiger partial charge in [0, 0.05) is 6.54 Å². The molecule has 5 heteroatoms. The summed E-state index contributed by atoms with van der Waals surface area (Å²) >= 11 is 5.98. The van der Waals surface area contributed by atoms with Gasteiger partial charge in [-0.15, -0.1) is 0 Å². The van der Waals surface area contributed by atoms with Gasteiger partial charge in [-0.3, -0.25) is 4.79 Å². The van der Waals surface area contributed by atoms with Crippen LogP contribution in [-0.4, -0.2) is 22.7 Å². The van der Waals surface area contributed by atoms with Crippen LogP contribution in [0.4, 0.5) is 0 Å². The van der Waals surface area contributed by atoms with E-state index in [1.165, 1.54) is 0 Å². The molecule has 1 atom stereocenters. The molecule has 1 aromatic carbocycles. The standard InChI is InChI=1S/C12H16ClNO3/c1-5-6(2)11(15)10(13)7(3)9(5)8(4-14)12(16)17/h8,15H,4,14H2,1-3H3,(H,16,17). The van der Waals surface area contributed by atoms with Crippen LogP contribution in [0, 0.1) is 20.8 Å². The molecule has 0 radical (unpaired) electrons. The van der Waals surface area contributed by atoms with Gasteiger partial charge in [-0.25, -0.2) is 0 Å².